The number of ether oxygens (including phenoxy) is 2. The van der Waals surface area contributed by atoms with Crippen LogP contribution in [0.5, 0.6) is 11.5 Å². The molecule has 0 spiro atoms. The second-order valence-electron chi connectivity index (χ2n) is 7.18. The summed E-state index contributed by atoms with van der Waals surface area (Å²) in [5.41, 5.74) is 3.97. The number of carbonyl (C=O) groups excluding carboxylic acids is 1. The van der Waals surface area contributed by atoms with Gasteiger partial charge in [0.2, 0.25) is 5.91 Å². The number of nitrogens with zero attached hydrogens (tertiary/aromatic N) is 3. The molecule has 0 saturated heterocycles. The molecule has 1 atom stereocenters. The zero-order chi connectivity index (χ0) is 23.9. The number of fused-ring (bicyclic) bond motifs is 1. The highest BCUT2D eigenvalue weighted by Crippen LogP contribution is 2.34. The molecule has 0 aliphatic carbocycles. The molecule has 176 valence electrons. The summed E-state index contributed by atoms with van der Waals surface area (Å²) in [7, 11) is 1.47. The monoisotopic (exact) mass is 499 g/mol. The Morgan fingerprint density at radius 1 is 1.18 bits per heavy atom. The predicted octanol–water partition coefficient (Wildman–Crippen LogP) is 3.94. The molecule has 4 aromatic rings. The standard InChI is InChI=1S/C23H22ClN5O4S/c1-25-23(31)18(30)7-8-32-20-4-2-3-17-21(20)22(27-12-26-17)29-14-5-6-19(16(24)9-14)33-10-15-11-34-13-28-15/h2-6,9,11-13,18,30H,7-8,10H2,1H3,(H,25,31)(H,26,27,29). The van der Waals surface area contributed by atoms with E-state index in [2.05, 4.69) is 25.6 Å². The number of aliphatic hydroxyl groups excluding tert-OH is 1. The lowest BCUT2D eigenvalue weighted by molar-refractivity contribution is -0.129. The van der Waals surface area contributed by atoms with Crippen LogP contribution in [-0.4, -0.2) is 45.7 Å². The van der Waals surface area contributed by atoms with Crippen molar-refractivity contribution in [3.05, 3.63) is 64.3 Å². The lowest BCUT2D eigenvalue weighted by Crippen LogP contribution is -2.32. The zero-order valence-corrected chi connectivity index (χ0v) is 19.8. The molecule has 34 heavy (non-hydrogen) atoms. The molecule has 0 radical (unpaired) electrons. The maximum atomic E-state index is 11.5. The van der Waals surface area contributed by atoms with Gasteiger partial charge in [0.1, 0.15) is 36.4 Å². The summed E-state index contributed by atoms with van der Waals surface area (Å²) in [6.45, 7) is 0.473. The molecule has 0 bridgehead atoms. The number of hydrogen-bond acceptors (Lipinski definition) is 9. The van der Waals surface area contributed by atoms with Crippen LogP contribution in [0, 0.1) is 0 Å². The third-order valence-electron chi connectivity index (χ3n) is 4.88. The van der Waals surface area contributed by atoms with Gasteiger partial charge in [-0.1, -0.05) is 17.7 Å². The molecule has 3 N–H and O–H groups in total. The van der Waals surface area contributed by atoms with Gasteiger partial charge >= 0.3 is 0 Å². The highest BCUT2D eigenvalue weighted by Gasteiger charge is 2.15. The number of aromatic nitrogens is 3. The van der Waals surface area contributed by atoms with E-state index in [9.17, 15) is 9.90 Å². The average molecular weight is 500 g/mol. The first-order valence-corrected chi connectivity index (χ1v) is 11.7. The molecule has 4 rings (SSSR count). The number of anilines is 2. The van der Waals surface area contributed by atoms with Gasteiger partial charge in [0.05, 0.1) is 33.7 Å². The van der Waals surface area contributed by atoms with Gasteiger partial charge in [-0.25, -0.2) is 15.0 Å². The average Bonchev–Trinajstić information content (AvgIpc) is 3.37. The first-order chi connectivity index (χ1) is 16.5. The summed E-state index contributed by atoms with van der Waals surface area (Å²) < 4.78 is 11.6. The number of rotatable bonds is 10. The first kappa shape index (κ1) is 23.7. The van der Waals surface area contributed by atoms with Crippen molar-refractivity contribution in [1.82, 2.24) is 20.3 Å². The first-order valence-electron chi connectivity index (χ1n) is 10.4. The minimum Gasteiger partial charge on any atom is -0.493 e. The Kier molecular flexibility index (Phi) is 7.73. The van der Waals surface area contributed by atoms with Crippen molar-refractivity contribution in [2.24, 2.45) is 0 Å². The van der Waals surface area contributed by atoms with E-state index in [-0.39, 0.29) is 13.0 Å². The van der Waals surface area contributed by atoms with Crippen LogP contribution in [0.4, 0.5) is 11.5 Å². The Morgan fingerprint density at radius 2 is 2.06 bits per heavy atom. The fourth-order valence-electron chi connectivity index (χ4n) is 3.16. The third kappa shape index (κ3) is 5.71. The van der Waals surface area contributed by atoms with Crippen LogP contribution in [0.3, 0.4) is 0 Å². The molecular weight excluding hydrogens is 478 g/mol. The number of amides is 1. The van der Waals surface area contributed by atoms with E-state index in [1.54, 1.807) is 23.7 Å². The molecule has 9 nitrogen and oxygen atoms in total. The molecule has 0 aliphatic rings. The van der Waals surface area contributed by atoms with Gasteiger partial charge in [-0.05, 0) is 30.3 Å². The van der Waals surface area contributed by atoms with Gasteiger partial charge in [0.25, 0.3) is 0 Å². The van der Waals surface area contributed by atoms with Crippen LogP contribution in [0.25, 0.3) is 10.9 Å². The van der Waals surface area contributed by atoms with Crippen molar-refractivity contribution in [1.29, 1.82) is 0 Å². The molecule has 0 fully saturated rings. The number of carbonyl (C=O) groups is 1. The van der Waals surface area contributed by atoms with Crippen molar-refractivity contribution < 1.29 is 19.4 Å². The summed E-state index contributed by atoms with van der Waals surface area (Å²) in [6.07, 6.45) is 0.452. The minimum absolute atomic E-state index is 0.138. The van der Waals surface area contributed by atoms with Gasteiger partial charge in [0.15, 0.2) is 0 Å². The van der Waals surface area contributed by atoms with Crippen LogP contribution >= 0.6 is 22.9 Å². The summed E-state index contributed by atoms with van der Waals surface area (Å²) in [5.74, 6) is 1.15. The lowest BCUT2D eigenvalue weighted by atomic mass is 10.2. The lowest BCUT2D eigenvalue weighted by Gasteiger charge is -2.15. The molecule has 0 saturated carbocycles. The van der Waals surface area contributed by atoms with Crippen molar-refractivity contribution in [2.45, 2.75) is 19.1 Å². The van der Waals surface area contributed by atoms with E-state index in [0.29, 0.717) is 45.5 Å². The Balaban J connectivity index is 1.50. The molecule has 2 aromatic heterocycles. The largest absolute Gasteiger partial charge is 0.493 e. The molecule has 1 unspecified atom stereocenters. The van der Waals surface area contributed by atoms with E-state index >= 15 is 0 Å². The number of aliphatic hydroxyl groups is 1. The van der Waals surface area contributed by atoms with Gasteiger partial charge in [-0.3, -0.25) is 4.79 Å². The van der Waals surface area contributed by atoms with E-state index in [0.717, 1.165) is 5.69 Å². The van der Waals surface area contributed by atoms with Crippen LogP contribution in [0.1, 0.15) is 12.1 Å². The maximum Gasteiger partial charge on any atom is 0.248 e. The highest BCUT2D eigenvalue weighted by molar-refractivity contribution is 7.07. The Labute approximate surface area is 204 Å². The topological polar surface area (TPSA) is 118 Å². The second-order valence-corrected chi connectivity index (χ2v) is 8.30. The van der Waals surface area contributed by atoms with Gasteiger partial charge in [-0.15, -0.1) is 11.3 Å². The van der Waals surface area contributed by atoms with Gasteiger partial charge in [0, 0.05) is 24.5 Å². The molecule has 11 heteroatoms. The predicted molar refractivity (Wildman–Crippen MR) is 131 cm³/mol. The van der Waals surface area contributed by atoms with Crippen LogP contribution in [-0.2, 0) is 11.4 Å². The number of thiazole rings is 1. The Hall–Kier alpha value is -3.47. The highest BCUT2D eigenvalue weighted by atomic mass is 35.5. The maximum absolute atomic E-state index is 11.5. The van der Waals surface area contributed by atoms with Crippen LogP contribution < -0.4 is 20.1 Å². The van der Waals surface area contributed by atoms with E-state index in [4.69, 9.17) is 21.1 Å². The molecule has 0 aliphatic heterocycles. The van der Waals surface area contributed by atoms with Crippen molar-refractivity contribution in [3.8, 4) is 11.5 Å². The fraction of sp³-hybridized carbons (Fsp3) is 0.217. The molecule has 1 amide bonds. The summed E-state index contributed by atoms with van der Waals surface area (Å²) in [6, 6.07) is 10.8. The van der Waals surface area contributed by atoms with Crippen LogP contribution in [0.15, 0.2) is 53.6 Å². The summed E-state index contributed by atoms with van der Waals surface area (Å²) >= 11 is 7.93. The van der Waals surface area contributed by atoms with E-state index < -0.39 is 12.0 Å². The summed E-state index contributed by atoms with van der Waals surface area (Å²) in [5, 5.41) is 18.5. The minimum atomic E-state index is -1.15. The van der Waals surface area contributed by atoms with Crippen molar-refractivity contribution >= 4 is 51.3 Å². The van der Waals surface area contributed by atoms with Gasteiger partial charge in [-0.2, -0.15) is 0 Å². The molecule has 2 aromatic carbocycles. The number of likely N-dealkylation sites (N-methyl/N-ethyl adjacent to an activating group) is 1. The fourth-order valence-corrected chi connectivity index (χ4v) is 3.94. The van der Waals surface area contributed by atoms with E-state index in [1.807, 2.05) is 23.6 Å². The Bertz CT molecular complexity index is 1270. The molecular formula is C23H22ClN5O4S. The quantitative estimate of drug-likeness (QED) is 0.300. The third-order valence-corrected chi connectivity index (χ3v) is 5.81. The van der Waals surface area contributed by atoms with Crippen LogP contribution in [0.2, 0.25) is 5.02 Å². The Morgan fingerprint density at radius 3 is 2.82 bits per heavy atom. The second kappa shape index (κ2) is 11.1. The number of nitrogens with one attached hydrogen (secondary N) is 2. The smallest absolute Gasteiger partial charge is 0.248 e. The number of hydrogen-bond donors (Lipinski definition) is 3. The SMILES string of the molecule is CNC(=O)C(O)CCOc1cccc2ncnc(Nc3ccc(OCc4cscn4)c(Cl)c3)c12. The normalized spacial score (nSPS) is 11.7. The number of benzene rings is 2. The van der Waals surface area contributed by atoms with Gasteiger partial charge < -0.3 is 25.2 Å². The molecule has 2 heterocycles. The van der Waals surface area contributed by atoms with Crippen molar-refractivity contribution in [2.75, 3.05) is 19.0 Å². The zero-order valence-electron chi connectivity index (χ0n) is 18.2. The summed E-state index contributed by atoms with van der Waals surface area (Å²) in [4.78, 5) is 24.4. The van der Waals surface area contributed by atoms with Crippen molar-refractivity contribution in [3.63, 3.8) is 0 Å². The van der Waals surface area contributed by atoms with E-state index in [1.165, 1.54) is 24.7 Å². The number of halogens is 1.